The first-order chi connectivity index (χ1) is 6.18. The van der Waals surface area contributed by atoms with E-state index in [1.807, 2.05) is 0 Å². The summed E-state index contributed by atoms with van der Waals surface area (Å²) in [4.78, 5) is 18.4. The molecule has 7 heteroatoms. The minimum atomic E-state index is -1.02. The van der Waals surface area contributed by atoms with E-state index >= 15 is 0 Å². The van der Waals surface area contributed by atoms with E-state index in [4.69, 9.17) is 5.11 Å². The van der Waals surface area contributed by atoms with E-state index in [1.165, 1.54) is 10.6 Å². The minimum absolute atomic E-state index is 0. The second kappa shape index (κ2) is 3.93. The summed E-state index contributed by atoms with van der Waals surface area (Å²) in [5.74, 6) is -0.645. The molecule has 0 aromatic carbocycles. The molecule has 0 unspecified atom stereocenters. The van der Waals surface area contributed by atoms with E-state index in [2.05, 4.69) is 25.9 Å². The predicted octanol–water partition coefficient (Wildman–Crippen LogP) is 1.61. The first-order valence-electron chi connectivity index (χ1n) is 3.40. The maximum Gasteiger partial charge on any atom is 0.354 e. The second-order valence-corrected chi connectivity index (χ2v) is 3.31. The molecule has 0 aliphatic carbocycles. The van der Waals surface area contributed by atoms with Crippen LogP contribution in [0.15, 0.2) is 23.1 Å². The standard InChI is InChI=1S/C7H4BrN3O2.ClH/c8-4-1-9-7-10-2-5(6(12)13)11(7)3-4;/h1-3H,(H,12,13);1H. The van der Waals surface area contributed by atoms with E-state index in [0.717, 1.165) is 0 Å². The highest BCUT2D eigenvalue weighted by Crippen LogP contribution is 2.10. The molecule has 0 saturated heterocycles. The largest absolute Gasteiger partial charge is 0.477 e. The number of rotatable bonds is 1. The molecule has 0 amide bonds. The molecule has 74 valence electrons. The molecule has 2 rings (SSSR count). The molecule has 0 aliphatic rings. The van der Waals surface area contributed by atoms with Crippen molar-refractivity contribution in [3.05, 3.63) is 28.8 Å². The van der Waals surface area contributed by atoms with Crippen LogP contribution in [0.5, 0.6) is 0 Å². The van der Waals surface area contributed by atoms with Crippen LogP contribution in [0.3, 0.4) is 0 Å². The molecule has 0 fully saturated rings. The number of carbonyl (C=O) groups is 1. The van der Waals surface area contributed by atoms with Crippen molar-refractivity contribution < 1.29 is 9.90 Å². The molecule has 0 aliphatic heterocycles. The minimum Gasteiger partial charge on any atom is -0.477 e. The second-order valence-electron chi connectivity index (χ2n) is 2.39. The van der Waals surface area contributed by atoms with Crippen LogP contribution >= 0.6 is 28.3 Å². The van der Waals surface area contributed by atoms with Crippen LogP contribution in [0.25, 0.3) is 5.78 Å². The summed E-state index contributed by atoms with van der Waals surface area (Å²) in [7, 11) is 0. The zero-order valence-electron chi connectivity index (χ0n) is 6.72. The highest BCUT2D eigenvalue weighted by molar-refractivity contribution is 9.10. The van der Waals surface area contributed by atoms with Crippen molar-refractivity contribution in [3.63, 3.8) is 0 Å². The van der Waals surface area contributed by atoms with Crippen molar-refractivity contribution in [2.24, 2.45) is 0 Å². The number of hydrogen-bond donors (Lipinski definition) is 1. The lowest BCUT2D eigenvalue weighted by atomic mass is 10.5. The summed E-state index contributed by atoms with van der Waals surface area (Å²) in [5, 5.41) is 8.76. The summed E-state index contributed by atoms with van der Waals surface area (Å²) < 4.78 is 2.12. The molecule has 0 saturated carbocycles. The highest BCUT2D eigenvalue weighted by Gasteiger charge is 2.10. The lowest BCUT2D eigenvalue weighted by molar-refractivity contribution is 0.0689. The van der Waals surface area contributed by atoms with Crippen molar-refractivity contribution in [1.82, 2.24) is 14.4 Å². The summed E-state index contributed by atoms with van der Waals surface area (Å²) in [6.45, 7) is 0. The van der Waals surface area contributed by atoms with Gasteiger partial charge in [-0.15, -0.1) is 12.4 Å². The van der Waals surface area contributed by atoms with Gasteiger partial charge in [0, 0.05) is 12.4 Å². The molecular weight excluding hydrogens is 273 g/mol. The summed E-state index contributed by atoms with van der Waals surface area (Å²) in [6.07, 6.45) is 4.45. The third-order valence-corrected chi connectivity index (χ3v) is 1.96. The average molecular weight is 278 g/mol. The number of carboxylic acids is 1. The number of nitrogens with zero attached hydrogens (tertiary/aromatic N) is 3. The van der Waals surface area contributed by atoms with E-state index in [0.29, 0.717) is 10.3 Å². The van der Waals surface area contributed by atoms with Crippen LogP contribution in [0, 0.1) is 0 Å². The molecule has 1 N–H and O–H groups in total. The molecule has 0 bridgehead atoms. The first-order valence-corrected chi connectivity index (χ1v) is 4.19. The average Bonchev–Trinajstić information content (AvgIpc) is 2.46. The molecule has 14 heavy (non-hydrogen) atoms. The smallest absolute Gasteiger partial charge is 0.354 e. The van der Waals surface area contributed by atoms with Gasteiger partial charge in [0.2, 0.25) is 5.78 Å². The Morgan fingerprint density at radius 3 is 2.71 bits per heavy atom. The fraction of sp³-hybridized carbons (Fsp3) is 0. The molecule has 0 atom stereocenters. The first kappa shape index (κ1) is 10.9. The summed E-state index contributed by atoms with van der Waals surface area (Å²) >= 11 is 3.20. The predicted molar refractivity (Wildman–Crippen MR) is 54.9 cm³/mol. The number of aromatic nitrogens is 3. The van der Waals surface area contributed by atoms with Crippen molar-refractivity contribution in [3.8, 4) is 0 Å². The van der Waals surface area contributed by atoms with Gasteiger partial charge in [0.05, 0.1) is 10.7 Å². The van der Waals surface area contributed by atoms with Crippen LogP contribution in [0.1, 0.15) is 10.5 Å². The van der Waals surface area contributed by atoms with Crippen molar-refractivity contribution >= 4 is 40.1 Å². The highest BCUT2D eigenvalue weighted by atomic mass is 79.9. The van der Waals surface area contributed by atoms with Gasteiger partial charge in [-0.05, 0) is 15.9 Å². The number of hydrogen-bond acceptors (Lipinski definition) is 3. The van der Waals surface area contributed by atoms with Crippen molar-refractivity contribution in [1.29, 1.82) is 0 Å². The van der Waals surface area contributed by atoms with E-state index < -0.39 is 5.97 Å². The van der Waals surface area contributed by atoms with Gasteiger partial charge >= 0.3 is 5.97 Å². The zero-order valence-corrected chi connectivity index (χ0v) is 9.12. The number of imidazole rings is 1. The molecule has 2 aromatic heterocycles. The van der Waals surface area contributed by atoms with Gasteiger partial charge in [-0.1, -0.05) is 0 Å². The Morgan fingerprint density at radius 1 is 1.43 bits per heavy atom. The Morgan fingerprint density at radius 2 is 2.07 bits per heavy atom. The monoisotopic (exact) mass is 277 g/mol. The summed E-state index contributed by atoms with van der Waals surface area (Å²) in [5.41, 5.74) is 0.101. The Kier molecular flexibility index (Phi) is 3.07. The van der Waals surface area contributed by atoms with Crippen LogP contribution in [-0.4, -0.2) is 25.4 Å². The van der Waals surface area contributed by atoms with Gasteiger partial charge in [0.1, 0.15) is 0 Å². The van der Waals surface area contributed by atoms with E-state index in [9.17, 15) is 4.79 Å². The lowest BCUT2D eigenvalue weighted by Gasteiger charge is -1.95. The van der Waals surface area contributed by atoms with Crippen molar-refractivity contribution in [2.75, 3.05) is 0 Å². The maximum atomic E-state index is 10.7. The Balaban J connectivity index is 0.000000980. The number of aromatic carboxylic acids is 1. The molecule has 0 spiro atoms. The normalized spacial score (nSPS) is 9.79. The van der Waals surface area contributed by atoms with Gasteiger partial charge in [-0.2, -0.15) is 0 Å². The molecule has 0 radical (unpaired) electrons. The van der Waals surface area contributed by atoms with Crippen LogP contribution in [0.4, 0.5) is 0 Å². The van der Waals surface area contributed by atoms with Gasteiger partial charge in [0.15, 0.2) is 5.69 Å². The quantitative estimate of drug-likeness (QED) is 0.860. The van der Waals surface area contributed by atoms with Crippen molar-refractivity contribution in [2.45, 2.75) is 0 Å². The Hall–Kier alpha value is -1.14. The number of fused-ring (bicyclic) bond motifs is 1. The number of halogens is 2. The van der Waals surface area contributed by atoms with Crippen LogP contribution in [0.2, 0.25) is 0 Å². The van der Waals surface area contributed by atoms with Crippen LogP contribution < -0.4 is 0 Å². The third kappa shape index (κ3) is 1.71. The molecule has 2 aromatic rings. The fourth-order valence-corrected chi connectivity index (χ4v) is 1.32. The van der Waals surface area contributed by atoms with Gasteiger partial charge in [-0.3, -0.25) is 4.40 Å². The summed E-state index contributed by atoms with van der Waals surface area (Å²) in [6, 6.07) is 0. The Labute approximate surface area is 93.3 Å². The van der Waals surface area contributed by atoms with E-state index in [-0.39, 0.29) is 18.1 Å². The maximum absolute atomic E-state index is 10.7. The zero-order chi connectivity index (χ0) is 9.42. The lowest BCUT2D eigenvalue weighted by Crippen LogP contribution is -2.01. The molecule has 5 nitrogen and oxygen atoms in total. The molecule has 2 heterocycles. The number of carboxylic acid groups (broad SMARTS) is 1. The van der Waals surface area contributed by atoms with Gasteiger partial charge in [-0.25, -0.2) is 14.8 Å². The van der Waals surface area contributed by atoms with E-state index in [1.54, 1.807) is 12.4 Å². The van der Waals surface area contributed by atoms with Gasteiger partial charge in [0.25, 0.3) is 0 Å². The van der Waals surface area contributed by atoms with Crippen LogP contribution in [-0.2, 0) is 0 Å². The Bertz CT molecular complexity index is 485. The topological polar surface area (TPSA) is 67.5 Å². The fourth-order valence-electron chi connectivity index (χ4n) is 1.01. The van der Waals surface area contributed by atoms with Gasteiger partial charge < -0.3 is 5.11 Å². The third-order valence-electron chi connectivity index (χ3n) is 1.55. The molecular formula is C7H5BrClN3O2. The SMILES string of the molecule is Cl.O=C(O)c1cnc2ncc(Br)cn12.